The second-order valence-electron chi connectivity index (χ2n) is 3.58. The zero-order chi connectivity index (χ0) is 12.1. The first kappa shape index (κ1) is 11.2. The number of aryl methyl sites for hydroxylation is 1. The molecule has 0 atom stereocenters. The van der Waals surface area contributed by atoms with Crippen molar-refractivity contribution in [3.8, 4) is 11.3 Å². The molecule has 0 aliphatic heterocycles. The topological polar surface area (TPSA) is 67.0 Å². The fourth-order valence-electron chi connectivity index (χ4n) is 1.46. The van der Waals surface area contributed by atoms with Gasteiger partial charge in [-0.3, -0.25) is 4.79 Å². The van der Waals surface area contributed by atoms with Crippen LogP contribution < -0.4 is 4.57 Å². The van der Waals surface area contributed by atoms with Crippen LogP contribution in [0.5, 0.6) is 0 Å². The Morgan fingerprint density at radius 1 is 1.29 bits per heavy atom. The summed E-state index contributed by atoms with van der Waals surface area (Å²) in [7, 11) is 0. The third-order valence-electron chi connectivity index (χ3n) is 2.34. The zero-order valence-corrected chi connectivity index (χ0v) is 9.15. The molecule has 0 aliphatic carbocycles. The molecule has 1 N–H and O–H groups in total. The van der Waals surface area contributed by atoms with Gasteiger partial charge >= 0.3 is 5.97 Å². The van der Waals surface area contributed by atoms with Crippen LogP contribution in [0, 0.1) is 0 Å². The minimum atomic E-state index is -0.796. The van der Waals surface area contributed by atoms with Crippen LogP contribution in [0.25, 0.3) is 11.3 Å². The second kappa shape index (κ2) is 5.16. The molecule has 2 aromatic heterocycles. The van der Waals surface area contributed by atoms with E-state index in [4.69, 9.17) is 5.11 Å². The molecule has 0 unspecified atom stereocenters. The summed E-state index contributed by atoms with van der Waals surface area (Å²) in [6.45, 7) is 0.468. The van der Waals surface area contributed by atoms with E-state index >= 15 is 0 Å². The lowest BCUT2D eigenvalue weighted by molar-refractivity contribution is -0.695. The van der Waals surface area contributed by atoms with Gasteiger partial charge in [0.05, 0.1) is 5.69 Å². The third kappa shape index (κ3) is 3.07. The summed E-state index contributed by atoms with van der Waals surface area (Å²) in [6.07, 6.45) is 5.43. The third-order valence-corrected chi connectivity index (χ3v) is 2.34. The number of carboxylic acid groups (broad SMARTS) is 1. The van der Waals surface area contributed by atoms with Crippen molar-refractivity contribution < 1.29 is 14.5 Å². The molecular weight excluding hydrogens is 218 g/mol. The Labute approximate surface area is 98.4 Å². The van der Waals surface area contributed by atoms with Gasteiger partial charge in [-0.25, -0.2) is 4.57 Å². The van der Waals surface area contributed by atoms with Crippen LogP contribution in [0.4, 0.5) is 0 Å². The van der Waals surface area contributed by atoms with Crippen molar-refractivity contribution >= 4 is 5.97 Å². The monoisotopic (exact) mass is 230 g/mol. The normalized spacial score (nSPS) is 10.1. The van der Waals surface area contributed by atoms with Gasteiger partial charge in [-0.05, 0) is 12.1 Å². The maximum absolute atomic E-state index is 10.4. The van der Waals surface area contributed by atoms with Crippen LogP contribution in [0.2, 0.25) is 0 Å². The van der Waals surface area contributed by atoms with Crippen LogP contribution in [0.15, 0.2) is 42.9 Å². The Hall–Kier alpha value is -2.30. The van der Waals surface area contributed by atoms with Crippen molar-refractivity contribution in [1.29, 1.82) is 0 Å². The van der Waals surface area contributed by atoms with E-state index in [1.54, 1.807) is 6.20 Å². The minimum absolute atomic E-state index is 0.120. The molecular formula is C12H12N3O2+. The molecule has 2 rings (SSSR count). The highest BCUT2D eigenvalue weighted by atomic mass is 16.4. The highest BCUT2D eigenvalue weighted by Crippen LogP contribution is 2.12. The van der Waals surface area contributed by atoms with Gasteiger partial charge in [0.2, 0.25) is 0 Å². The number of hydrogen-bond donors (Lipinski definition) is 1. The van der Waals surface area contributed by atoms with Gasteiger partial charge < -0.3 is 5.11 Å². The number of carboxylic acids is 1. The van der Waals surface area contributed by atoms with Gasteiger partial charge in [0.1, 0.15) is 6.42 Å². The number of hydrogen-bond acceptors (Lipinski definition) is 3. The quantitative estimate of drug-likeness (QED) is 0.793. The van der Waals surface area contributed by atoms with Crippen LogP contribution in [-0.2, 0) is 11.3 Å². The maximum Gasteiger partial charge on any atom is 0.309 e. The number of nitrogens with zero attached hydrogens (tertiary/aromatic N) is 3. The van der Waals surface area contributed by atoms with Gasteiger partial charge in [-0.2, -0.15) is 10.2 Å². The standard InChI is InChI=1S/C12H11N3O2/c16-12(17)5-9-15-7-3-10(4-8-15)11-2-1-6-13-14-11/h1-4,6-8H,5,9H2/p+1. The summed E-state index contributed by atoms with van der Waals surface area (Å²) >= 11 is 0. The van der Waals surface area contributed by atoms with E-state index in [9.17, 15) is 4.79 Å². The van der Waals surface area contributed by atoms with E-state index in [1.165, 1.54) is 0 Å². The van der Waals surface area contributed by atoms with Crippen LogP contribution in [0.3, 0.4) is 0 Å². The smallest absolute Gasteiger partial charge is 0.309 e. The lowest BCUT2D eigenvalue weighted by Crippen LogP contribution is -2.33. The summed E-state index contributed by atoms with van der Waals surface area (Å²) in [4.78, 5) is 10.4. The summed E-state index contributed by atoms with van der Waals surface area (Å²) in [5.41, 5.74) is 1.77. The number of aliphatic carboxylic acids is 1. The number of pyridine rings is 1. The van der Waals surface area contributed by atoms with E-state index in [0.29, 0.717) is 6.54 Å². The first-order valence-corrected chi connectivity index (χ1v) is 5.25. The van der Waals surface area contributed by atoms with Crippen LogP contribution >= 0.6 is 0 Å². The van der Waals surface area contributed by atoms with E-state index in [1.807, 2.05) is 41.2 Å². The lowest BCUT2D eigenvalue weighted by Gasteiger charge is -1.98. The Bertz CT molecular complexity index is 497. The summed E-state index contributed by atoms with van der Waals surface area (Å²) in [6, 6.07) is 7.50. The Morgan fingerprint density at radius 2 is 2.06 bits per heavy atom. The summed E-state index contributed by atoms with van der Waals surface area (Å²) in [5.74, 6) is -0.796. The molecule has 0 saturated carbocycles. The number of rotatable bonds is 4. The molecule has 0 saturated heterocycles. The first-order chi connectivity index (χ1) is 8.25. The molecule has 2 aromatic rings. The average molecular weight is 230 g/mol. The maximum atomic E-state index is 10.4. The van der Waals surface area contributed by atoms with Crippen molar-refractivity contribution in [1.82, 2.24) is 10.2 Å². The molecule has 5 nitrogen and oxygen atoms in total. The molecule has 0 aromatic carbocycles. The van der Waals surface area contributed by atoms with Crippen LogP contribution in [0.1, 0.15) is 6.42 Å². The largest absolute Gasteiger partial charge is 0.481 e. The van der Waals surface area contributed by atoms with Crippen molar-refractivity contribution in [2.45, 2.75) is 13.0 Å². The van der Waals surface area contributed by atoms with Gasteiger partial charge in [-0.15, -0.1) is 0 Å². The molecule has 5 heteroatoms. The molecule has 0 radical (unpaired) electrons. The fraction of sp³-hybridized carbons (Fsp3) is 0.167. The van der Waals surface area contributed by atoms with Gasteiger partial charge in [0, 0.05) is 23.9 Å². The van der Waals surface area contributed by atoms with Crippen molar-refractivity contribution in [3.05, 3.63) is 42.9 Å². The SMILES string of the molecule is O=C(O)CC[n+]1ccc(-c2cccnn2)cc1. The van der Waals surface area contributed by atoms with E-state index < -0.39 is 5.97 Å². The van der Waals surface area contributed by atoms with Crippen molar-refractivity contribution in [2.24, 2.45) is 0 Å². The summed E-state index contributed by atoms with van der Waals surface area (Å²) < 4.78 is 1.83. The highest BCUT2D eigenvalue weighted by Gasteiger charge is 2.06. The van der Waals surface area contributed by atoms with E-state index in [-0.39, 0.29) is 6.42 Å². The molecule has 0 fully saturated rings. The minimum Gasteiger partial charge on any atom is -0.481 e. The number of carbonyl (C=O) groups is 1. The predicted molar refractivity (Wildman–Crippen MR) is 59.9 cm³/mol. The zero-order valence-electron chi connectivity index (χ0n) is 9.15. The van der Waals surface area contributed by atoms with Crippen molar-refractivity contribution in [3.63, 3.8) is 0 Å². The molecule has 17 heavy (non-hydrogen) atoms. The van der Waals surface area contributed by atoms with Crippen LogP contribution in [-0.4, -0.2) is 21.3 Å². The average Bonchev–Trinajstić information content (AvgIpc) is 2.38. The highest BCUT2D eigenvalue weighted by molar-refractivity contribution is 5.66. The van der Waals surface area contributed by atoms with Crippen molar-refractivity contribution in [2.75, 3.05) is 0 Å². The van der Waals surface area contributed by atoms with Gasteiger partial charge in [-0.1, -0.05) is 0 Å². The van der Waals surface area contributed by atoms with Gasteiger partial charge in [0.15, 0.2) is 18.9 Å². The Morgan fingerprint density at radius 3 is 2.65 bits per heavy atom. The lowest BCUT2D eigenvalue weighted by atomic mass is 10.2. The molecule has 0 spiro atoms. The van der Waals surface area contributed by atoms with E-state index in [2.05, 4.69) is 10.2 Å². The predicted octanol–water partition coefficient (Wildman–Crippen LogP) is 0.906. The van der Waals surface area contributed by atoms with Gasteiger partial charge in [0.25, 0.3) is 0 Å². The fourth-order valence-corrected chi connectivity index (χ4v) is 1.46. The number of aromatic nitrogens is 3. The Balaban J connectivity index is 2.11. The molecule has 86 valence electrons. The second-order valence-corrected chi connectivity index (χ2v) is 3.58. The molecule has 0 aliphatic rings. The molecule has 0 amide bonds. The Kier molecular flexibility index (Phi) is 3.40. The van der Waals surface area contributed by atoms with E-state index in [0.717, 1.165) is 11.3 Å². The first-order valence-electron chi connectivity index (χ1n) is 5.25. The molecule has 2 heterocycles. The summed E-state index contributed by atoms with van der Waals surface area (Å²) in [5, 5.41) is 16.4. The molecule has 0 bridgehead atoms.